The van der Waals surface area contributed by atoms with Crippen molar-refractivity contribution in [2.75, 3.05) is 13.1 Å². The Bertz CT molecular complexity index is 428. The second-order valence-corrected chi connectivity index (χ2v) is 5.62. The van der Waals surface area contributed by atoms with Crippen molar-refractivity contribution in [2.24, 2.45) is 11.8 Å². The highest BCUT2D eigenvalue weighted by atomic mass is 79.9. The summed E-state index contributed by atoms with van der Waals surface area (Å²) in [6.07, 6.45) is 8.77. The zero-order valence-corrected chi connectivity index (χ0v) is 10.7. The van der Waals surface area contributed by atoms with Gasteiger partial charge in [-0.05, 0) is 70.9 Å². The van der Waals surface area contributed by atoms with Crippen LogP contribution in [0.25, 0.3) is 5.57 Å². The van der Waals surface area contributed by atoms with E-state index in [2.05, 4.69) is 38.4 Å². The molecule has 1 aromatic rings. The molecule has 1 saturated heterocycles. The monoisotopic (exact) mass is 278 g/mol. The molecule has 2 heterocycles. The molecule has 1 fully saturated rings. The Morgan fingerprint density at radius 2 is 2.31 bits per heavy atom. The van der Waals surface area contributed by atoms with Gasteiger partial charge in [-0.15, -0.1) is 0 Å². The van der Waals surface area contributed by atoms with Gasteiger partial charge in [-0.1, -0.05) is 6.08 Å². The highest BCUT2D eigenvalue weighted by Gasteiger charge is 2.30. The zero-order chi connectivity index (χ0) is 11.0. The molecule has 0 radical (unpaired) electrons. The smallest absolute Gasteiger partial charge is 0.0410 e. The third-order valence-electron chi connectivity index (χ3n) is 3.64. The summed E-state index contributed by atoms with van der Waals surface area (Å²) in [7, 11) is 0. The van der Waals surface area contributed by atoms with Crippen molar-refractivity contribution in [2.45, 2.75) is 12.8 Å². The Balaban J connectivity index is 1.86. The molecule has 3 heteroatoms. The lowest BCUT2D eigenvalue weighted by atomic mass is 9.89. The fraction of sp³-hybridized carbons (Fsp3) is 0.462. The molecule has 1 aliphatic carbocycles. The molecule has 0 bridgehead atoms. The van der Waals surface area contributed by atoms with Gasteiger partial charge in [0.2, 0.25) is 0 Å². The summed E-state index contributed by atoms with van der Waals surface area (Å²) >= 11 is 3.48. The van der Waals surface area contributed by atoms with Crippen molar-refractivity contribution in [3.63, 3.8) is 0 Å². The van der Waals surface area contributed by atoms with Crippen molar-refractivity contribution in [3.05, 3.63) is 34.6 Å². The second kappa shape index (κ2) is 4.30. The molecule has 0 amide bonds. The van der Waals surface area contributed by atoms with E-state index >= 15 is 0 Å². The predicted molar refractivity (Wildman–Crippen MR) is 69.0 cm³/mol. The van der Waals surface area contributed by atoms with E-state index in [4.69, 9.17) is 0 Å². The van der Waals surface area contributed by atoms with E-state index in [9.17, 15) is 0 Å². The largest absolute Gasteiger partial charge is 0.316 e. The molecule has 1 aromatic heterocycles. The molecule has 2 atom stereocenters. The predicted octanol–water partition coefficient (Wildman–Crippen LogP) is 2.86. The first kappa shape index (κ1) is 10.5. The van der Waals surface area contributed by atoms with Gasteiger partial charge in [0.1, 0.15) is 0 Å². The number of pyridine rings is 1. The summed E-state index contributed by atoms with van der Waals surface area (Å²) in [5.41, 5.74) is 2.76. The number of aromatic nitrogens is 1. The summed E-state index contributed by atoms with van der Waals surface area (Å²) in [6.45, 7) is 2.34. The van der Waals surface area contributed by atoms with Crippen LogP contribution in [0.5, 0.6) is 0 Å². The molecule has 2 unspecified atom stereocenters. The highest BCUT2D eigenvalue weighted by molar-refractivity contribution is 9.10. The lowest BCUT2D eigenvalue weighted by Gasteiger charge is -2.25. The van der Waals surface area contributed by atoms with Crippen LogP contribution in [0.2, 0.25) is 0 Å². The first-order valence-corrected chi connectivity index (χ1v) is 6.64. The van der Waals surface area contributed by atoms with Crippen LogP contribution in [0.4, 0.5) is 0 Å². The van der Waals surface area contributed by atoms with Gasteiger partial charge in [0.15, 0.2) is 0 Å². The van der Waals surface area contributed by atoms with Crippen molar-refractivity contribution in [1.29, 1.82) is 0 Å². The Morgan fingerprint density at radius 3 is 3.12 bits per heavy atom. The van der Waals surface area contributed by atoms with Crippen molar-refractivity contribution in [3.8, 4) is 0 Å². The fourth-order valence-electron chi connectivity index (χ4n) is 2.80. The Morgan fingerprint density at radius 1 is 1.38 bits per heavy atom. The molecule has 0 spiro atoms. The van der Waals surface area contributed by atoms with E-state index in [-0.39, 0.29) is 0 Å². The summed E-state index contributed by atoms with van der Waals surface area (Å²) < 4.78 is 1.07. The van der Waals surface area contributed by atoms with Gasteiger partial charge in [-0.25, -0.2) is 0 Å². The maximum atomic E-state index is 4.24. The van der Waals surface area contributed by atoms with Crippen LogP contribution < -0.4 is 5.32 Å². The Labute approximate surface area is 104 Å². The number of allylic oxidation sites excluding steroid dienone is 2. The van der Waals surface area contributed by atoms with E-state index in [1.165, 1.54) is 37.1 Å². The van der Waals surface area contributed by atoms with Crippen LogP contribution >= 0.6 is 15.9 Å². The molecular formula is C13H15BrN2. The molecule has 0 aromatic carbocycles. The number of nitrogens with zero attached hydrogens (tertiary/aromatic N) is 1. The molecule has 3 rings (SSSR count). The van der Waals surface area contributed by atoms with Gasteiger partial charge >= 0.3 is 0 Å². The molecule has 84 valence electrons. The van der Waals surface area contributed by atoms with E-state index in [1.807, 2.05) is 12.4 Å². The first-order valence-electron chi connectivity index (χ1n) is 5.85. The molecule has 16 heavy (non-hydrogen) atoms. The quantitative estimate of drug-likeness (QED) is 0.855. The van der Waals surface area contributed by atoms with E-state index < -0.39 is 0 Å². The standard InChI is InChI=1S/C13H15BrN2/c14-13-5-12(7-16-8-13)10-3-9-1-2-15-6-11(9)4-10/h3,5,7-9,11,15H,1-2,4,6H2. The molecule has 2 nitrogen and oxygen atoms in total. The van der Waals surface area contributed by atoms with Gasteiger partial charge in [-0.2, -0.15) is 0 Å². The number of fused-ring (bicyclic) bond motifs is 1. The number of hydrogen-bond acceptors (Lipinski definition) is 2. The minimum Gasteiger partial charge on any atom is -0.316 e. The number of hydrogen-bond donors (Lipinski definition) is 1. The van der Waals surface area contributed by atoms with Crippen molar-refractivity contribution < 1.29 is 0 Å². The third kappa shape index (κ3) is 1.94. The Hall–Kier alpha value is -0.670. The molecule has 2 aliphatic rings. The maximum Gasteiger partial charge on any atom is 0.0410 e. The zero-order valence-electron chi connectivity index (χ0n) is 9.12. The summed E-state index contributed by atoms with van der Waals surface area (Å²) in [6, 6.07) is 2.17. The maximum absolute atomic E-state index is 4.24. The van der Waals surface area contributed by atoms with Crippen LogP contribution in [0.15, 0.2) is 29.0 Å². The minimum absolute atomic E-state index is 0.787. The number of halogens is 1. The Kier molecular flexibility index (Phi) is 2.82. The topological polar surface area (TPSA) is 24.9 Å². The van der Waals surface area contributed by atoms with Crippen LogP contribution in [0.1, 0.15) is 18.4 Å². The average Bonchev–Trinajstić information content (AvgIpc) is 2.72. The molecule has 1 aliphatic heterocycles. The molecule has 1 N–H and O–H groups in total. The lowest BCUT2D eigenvalue weighted by Crippen LogP contribution is -2.33. The molecular weight excluding hydrogens is 264 g/mol. The van der Waals surface area contributed by atoms with Gasteiger partial charge in [0.05, 0.1) is 0 Å². The summed E-state index contributed by atoms with van der Waals surface area (Å²) in [4.78, 5) is 4.24. The molecule has 0 saturated carbocycles. The van der Waals surface area contributed by atoms with Gasteiger partial charge in [0, 0.05) is 16.9 Å². The van der Waals surface area contributed by atoms with E-state index in [0.717, 1.165) is 16.3 Å². The van der Waals surface area contributed by atoms with Gasteiger partial charge in [-0.3, -0.25) is 4.98 Å². The average molecular weight is 279 g/mol. The fourth-order valence-corrected chi connectivity index (χ4v) is 3.16. The van der Waals surface area contributed by atoms with Gasteiger partial charge < -0.3 is 5.32 Å². The summed E-state index contributed by atoms with van der Waals surface area (Å²) in [5, 5.41) is 3.48. The first-order chi connectivity index (χ1) is 7.83. The second-order valence-electron chi connectivity index (χ2n) is 4.70. The van der Waals surface area contributed by atoms with Crippen LogP contribution in [-0.4, -0.2) is 18.1 Å². The van der Waals surface area contributed by atoms with Gasteiger partial charge in [0.25, 0.3) is 0 Å². The van der Waals surface area contributed by atoms with Crippen molar-refractivity contribution in [1.82, 2.24) is 10.3 Å². The normalized spacial score (nSPS) is 28.7. The number of nitrogens with one attached hydrogen (secondary N) is 1. The van der Waals surface area contributed by atoms with Crippen molar-refractivity contribution >= 4 is 21.5 Å². The lowest BCUT2D eigenvalue weighted by molar-refractivity contribution is 0.324. The minimum atomic E-state index is 0.787. The highest BCUT2D eigenvalue weighted by Crippen LogP contribution is 2.39. The van der Waals surface area contributed by atoms with Crippen LogP contribution in [0.3, 0.4) is 0 Å². The van der Waals surface area contributed by atoms with E-state index in [1.54, 1.807) is 0 Å². The SMILES string of the molecule is Brc1cncc(C2=CC3CCNCC3C2)c1. The van der Waals surface area contributed by atoms with Crippen LogP contribution in [0, 0.1) is 11.8 Å². The number of rotatable bonds is 1. The summed E-state index contributed by atoms with van der Waals surface area (Å²) in [5.74, 6) is 1.60. The van der Waals surface area contributed by atoms with Crippen LogP contribution in [-0.2, 0) is 0 Å². The number of piperidine rings is 1. The third-order valence-corrected chi connectivity index (χ3v) is 4.07. The van der Waals surface area contributed by atoms with E-state index in [0.29, 0.717) is 0 Å².